The number of carbonyl (C=O) groups is 3. The van der Waals surface area contributed by atoms with Crippen molar-refractivity contribution in [1.29, 1.82) is 0 Å². The number of fused-ring (bicyclic) bond motifs is 1. The Kier molecular flexibility index (Phi) is 6.36. The molecule has 0 bridgehead atoms. The van der Waals surface area contributed by atoms with Gasteiger partial charge in [-0.05, 0) is 37.6 Å². The largest absolute Gasteiger partial charge is 0.501 e. The van der Waals surface area contributed by atoms with Gasteiger partial charge in [0.05, 0.1) is 6.20 Å². The fourth-order valence-electron chi connectivity index (χ4n) is 4.89. The van der Waals surface area contributed by atoms with E-state index < -0.39 is 33.4 Å². The van der Waals surface area contributed by atoms with Crippen LogP contribution in [-0.2, 0) is 33.2 Å². The van der Waals surface area contributed by atoms with Crippen LogP contribution in [0.25, 0.3) is 0 Å². The first-order valence-electron chi connectivity index (χ1n) is 12.2. The van der Waals surface area contributed by atoms with Gasteiger partial charge in [0.25, 0.3) is 0 Å². The number of likely N-dealkylation sites (tertiary alicyclic amines) is 1. The molecular formula is C23H31N6O5S2+. The molecule has 1 aliphatic carbocycles. The lowest BCUT2D eigenvalue weighted by Crippen LogP contribution is -2.56. The summed E-state index contributed by atoms with van der Waals surface area (Å²) in [5, 5.41) is 4.57. The Morgan fingerprint density at radius 2 is 1.97 bits per heavy atom. The number of amides is 4. The van der Waals surface area contributed by atoms with Crippen LogP contribution in [-0.4, -0.2) is 80.1 Å². The molecular weight excluding hydrogens is 504 g/mol. The van der Waals surface area contributed by atoms with Crippen LogP contribution in [0.4, 0.5) is 4.79 Å². The van der Waals surface area contributed by atoms with Gasteiger partial charge in [-0.15, -0.1) is 0 Å². The number of hydrogen-bond donors (Lipinski definition) is 1. The highest BCUT2D eigenvalue weighted by molar-refractivity contribution is 8.27. The molecule has 11 nitrogen and oxygen atoms in total. The first kappa shape index (κ1) is 25.2. The molecule has 1 unspecified atom stereocenters. The number of thioether (sulfide) groups is 1. The molecule has 4 aliphatic rings. The van der Waals surface area contributed by atoms with Gasteiger partial charge in [-0.1, -0.05) is 6.92 Å². The monoisotopic (exact) mass is 535 g/mol. The molecule has 2 fully saturated rings. The number of piperidine rings is 1. The standard InChI is InChI=1S/C23H31N6O5S2/c1-4-18(30)27-9-5-16(6-10-27)29-21-17(11-19(35-21)36(33,34)25-23(2)7-8-23)20(31)28(22(29)32)14-15-12-24-26(3)13-15/h11-13,16-17,25H,4-10,14H2,1-3H3/q+1. The molecule has 0 radical (unpaired) electrons. The Labute approximate surface area is 214 Å². The number of aromatic nitrogens is 2. The Bertz CT molecular complexity index is 1290. The molecule has 194 valence electrons. The van der Waals surface area contributed by atoms with Gasteiger partial charge in [0.1, 0.15) is 22.7 Å². The van der Waals surface area contributed by atoms with E-state index in [0.29, 0.717) is 43.0 Å². The molecule has 0 spiro atoms. The minimum Gasteiger partial charge on any atom is -0.342 e. The molecule has 1 saturated heterocycles. The van der Waals surface area contributed by atoms with Crippen LogP contribution >= 0.6 is 11.8 Å². The van der Waals surface area contributed by atoms with Crippen LogP contribution in [0.5, 0.6) is 0 Å². The maximum atomic E-state index is 13.8. The van der Waals surface area contributed by atoms with E-state index in [1.165, 1.54) is 11.0 Å². The summed E-state index contributed by atoms with van der Waals surface area (Å²) in [4.78, 5) is 42.4. The maximum absolute atomic E-state index is 13.8. The third-order valence-corrected chi connectivity index (χ3v) is 10.5. The van der Waals surface area contributed by atoms with Crippen molar-refractivity contribution in [2.24, 2.45) is 13.0 Å². The van der Waals surface area contributed by atoms with Gasteiger partial charge in [0.2, 0.25) is 15.9 Å². The van der Waals surface area contributed by atoms with Crippen molar-refractivity contribution < 1.29 is 27.4 Å². The first-order valence-corrected chi connectivity index (χ1v) is 14.5. The Morgan fingerprint density at radius 1 is 1.28 bits per heavy atom. The minimum absolute atomic E-state index is 0.0515. The van der Waals surface area contributed by atoms with Crippen molar-refractivity contribution in [2.45, 2.75) is 64.1 Å². The van der Waals surface area contributed by atoms with Gasteiger partial charge < -0.3 is 4.90 Å². The Morgan fingerprint density at radius 3 is 2.56 bits per heavy atom. The number of carbonyl (C=O) groups excluding carboxylic acids is 3. The second-order valence-electron chi connectivity index (χ2n) is 10.1. The molecule has 13 heteroatoms. The van der Waals surface area contributed by atoms with Crippen molar-refractivity contribution in [3.05, 3.63) is 28.3 Å². The average Bonchev–Trinajstić information content (AvgIpc) is 3.21. The average molecular weight is 536 g/mol. The summed E-state index contributed by atoms with van der Waals surface area (Å²) >= 11 is 0.991. The molecule has 36 heavy (non-hydrogen) atoms. The van der Waals surface area contributed by atoms with Gasteiger partial charge >= 0.3 is 11.9 Å². The summed E-state index contributed by atoms with van der Waals surface area (Å²) in [6.45, 7) is 4.75. The van der Waals surface area contributed by atoms with Gasteiger partial charge in [0, 0.05) is 56.7 Å². The van der Waals surface area contributed by atoms with Crippen LogP contribution in [0.3, 0.4) is 0 Å². The molecule has 4 amide bonds. The smallest absolute Gasteiger partial charge is 0.342 e. The SMILES string of the molecule is CCC(=O)N1CCC([N+]2=C3SC(S(=O)(=O)NC4(C)CC4)=CC3C(=O)N(Cc3cnn(C)c3)C2=O)CC1. The van der Waals surface area contributed by atoms with Crippen molar-refractivity contribution in [1.82, 2.24) is 24.3 Å². The zero-order valence-corrected chi connectivity index (χ0v) is 22.3. The van der Waals surface area contributed by atoms with Gasteiger partial charge in [-0.3, -0.25) is 9.48 Å². The summed E-state index contributed by atoms with van der Waals surface area (Å²) in [5.74, 6) is -1.22. The van der Waals surface area contributed by atoms with Gasteiger partial charge in [-0.25, -0.2) is 17.9 Å². The van der Waals surface area contributed by atoms with E-state index in [2.05, 4.69) is 9.82 Å². The zero-order valence-electron chi connectivity index (χ0n) is 20.6. The Hall–Kier alpha value is -2.51. The Balaban J connectivity index is 1.48. The molecule has 5 rings (SSSR count). The topological polar surface area (TPSA) is 125 Å². The van der Waals surface area contributed by atoms with Crippen LogP contribution in [0.1, 0.15) is 51.5 Å². The summed E-state index contributed by atoms with van der Waals surface area (Å²) in [6.07, 6.45) is 7.89. The molecule has 0 aromatic carbocycles. The number of nitrogens with one attached hydrogen (secondary N) is 1. The molecule has 3 aliphatic heterocycles. The third kappa shape index (κ3) is 4.63. The van der Waals surface area contributed by atoms with Crippen molar-refractivity contribution in [3.8, 4) is 0 Å². The summed E-state index contributed by atoms with van der Waals surface area (Å²) in [6, 6.07) is -0.700. The zero-order chi connectivity index (χ0) is 25.8. The summed E-state index contributed by atoms with van der Waals surface area (Å²) in [7, 11) is -2.07. The molecule has 4 heterocycles. The fourth-order valence-corrected chi connectivity index (χ4v) is 8.01. The quantitative estimate of drug-likeness (QED) is 0.523. The van der Waals surface area contributed by atoms with E-state index in [1.807, 2.05) is 13.8 Å². The first-order chi connectivity index (χ1) is 17.0. The van der Waals surface area contributed by atoms with Crippen LogP contribution in [0.15, 0.2) is 22.7 Å². The highest BCUT2D eigenvalue weighted by Gasteiger charge is 2.54. The lowest BCUT2D eigenvalue weighted by Gasteiger charge is -2.34. The lowest BCUT2D eigenvalue weighted by molar-refractivity contribution is -0.485. The maximum Gasteiger partial charge on any atom is 0.501 e. The third-order valence-electron chi connectivity index (χ3n) is 7.21. The highest BCUT2D eigenvalue weighted by Crippen LogP contribution is 2.42. The van der Waals surface area contributed by atoms with Gasteiger partial charge in [0.15, 0.2) is 5.04 Å². The van der Waals surface area contributed by atoms with Crippen LogP contribution < -0.4 is 4.72 Å². The van der Waals surface area contributed by atoms with Crippen molar-refractivity contribution >= 4 is 44.7 Å². The predicted molar refractivity (Wildman–Crippen MR) is 133 cm³/mol. The number of nitrogens with zero attached hydrogens (tertiary/aromatic N) is 5. The van der Waals surface area contributed by atoms with Crippen LogP contribution in [0.2, 0.25) is 0 Å². The molecule has 1 N–H and O–H groups in total. The molecule has 1 saturated carbocycles. The van der Waals surface area contributed by atoms with E-state index in [-0.39, 0.29) is 22.7 Å². The molecule has 1 aromatic rings. The molecule has 1 aromatic heterocycles. The van der Waals surface area contributed by atoms with E-state index >= 15 is 0 Å². The number of urea groups is 1. The van der Waals surface area contributed by atoms with E-state index in [4.69, 9.17) is 0 Å². The van der Waals surface area contributed by atoms with Gasteiger partial charge in [-0.2, -0.15) is 19.4 Å². The normalized spacial score (nSPS) is 24.3. The minimum atomic E-state index is -3.83. The highest BCUT2D eigenvalue weighted by atomic mass is 32.3. The van der Waals surface area contributed by atoms with E-state index in [0.717, 1.165) is 24.6 Å². The second-order valence-corrected chi connectivity index (χ2v) is 13.1. The fraction of sp³-hybridized carbons (Fsp3) is 0.609. The van der Waals surface area contributed by atoms with Crippen molar-refractivity contribution in [2.75, 3.05) is 13.1 Å². The van der Waals surface area contributed by atoms with E-state index in [9.17, 15) is 22.8 Å². The predicted octanol–water partition coefficient (Wildman–Crippen LogP) is 1.37. The molecule has 1 atom stereocenters. The summed E-state index contributed by atoms with van der Waals surface area (Å²) < 4.78 is 32.3. The second kappa shape index (κ2) is 9.10. The van der Waals surface area contributed by atoms with Crippen molar-refractivity contribution in [3.63, 3.8) is 0 Å². The number of sulfonamides is 1. The summed E-state index contributed by atoms with van der Waals surface area (Å²) in [5.41, 5.74) is 0.250. The lowest BCUT2D eigenvalue weighted by atomic mass is 10.0. The number of aryl methyl sites for hydroxylation is 1. The number of hydrogen-bond acceptors (Lipinski definition) is 7. The number of imide groups is 1. The number of rotatable bonds is 7. The van der Waals surface area contributed by atoms with E-state index in [1.54, 1.807) is 33.6 Å². The van der Waals surface area contributed by atoms with Crippen LogP contribution in [0, 0.1) is 5.92 Å².